The molecule has 7 rings (SSSR count). The number of hydrogen-bond acceptors (Lipinski definition) is 9. The number of pyridine rings is 2. The van der Waals surface area contributed by atoms with Crippen LogP contribution in [0.4, 0.5) is 17.6 Å². The third-order valence-corrected chi connectivity index (χ3v) is 8.11. The molecule has 0 unspecified atom stereocenters. The van der Waals surface area contributed by atoms with Gasteiger partial charge in [-0.05, 0) is 42.7 Å². The van der Waals surface area contributed by atoms with Gasteiger partial charge in [-0.15, -0.1) is 0 Å². The highest BCUT2D eigenvalue weighted by atomic mass is 35.5. The van der Waals surface area contributed by atoms with Crippen molar-refractivity contribution in [1.29, 1.82) is 0 Å². The Kier molecular flexibility index (Phi) is 8.17. The lowest BCUT2D eigenvalue weighted by atomic mass is 10.0. The van der Waals surface area contributed by atoms with Gasteiger partial charge in [0.25, 0.3) is 0 Å². The van der Waals surface area contributed by atoms with E-state index in [-0.39, 0.29) is 24.1 Å². The third-order valence-electron chi connectivity index (χ3n) is 7.87. The van der Waals surface area contributed by atoms with Gasteiger partial charge in [-0.3, -0.25) is 4.90 Å². The first-order valence-electron chi connectivity index (χ1n) is 14.5. The van der Waals surface area contributed by atoms with Crippen LogP contribution in [0, 0.1) is 5.82 Å². The minimum atomic E-state index is -4.74. The Morgan fingerprint density at radius 1 is 1.09 bits per heavy atom. The first kappa shape index (κ1) is 30.3. The van der Waals surface area contributed by atoms with Gasteiger partial charge in [0.05, 0.1) is 24.9 Å². The number of nitrogens with zero attached hydrogens (tertiary/aromatic N) is 7. The normalized spacial score (nSPS) is 17.2. The molecule has 5 aromatic rings. The van der Waals surface area contributed by atoms with E-state index < -0.39 is 17.9 Å². The summed E-state index contributed by atoms with van der Waals surface area (Å²) in [6, 6.07) is 11.6. The molecule has 1 fully saturated rings. The Balaban J connectivity index is 1.06. The highest BCUT2D eigenvalue weighted by molar-refractivity contribution is 6.30. The van der Waals surface area contributed by atoms with E-state index in [9.17, 15) is 17.6 Å². The summed E-state index contributed by atoms with van der Waals surface area (Å²) in [5, 5.41) is 3.79. The number of benzene rings is 1. The van der Waals surface area contributed by atoms with Crippen LogP contribution in [0.15, 0.2) is 59.3 Å². The molecule has 238 valence electrons. The number of rotatable bonds is 9. The molecule has 0 N–H and O–H groups in total. The Labute approximate surface area is 264 Å². The van der Waals surface area contributed by atoms with Gasteiger partial charge in [0.15, 0.2) is 5.65 Å². The standard InChI is InChI=1S/C31H26ClF4N7O3/c32-21-5-4-19(23(33)13-21)17-45-27-3-1-2-24(39-27)18-6-9-42(10-7-18)16-26-38-25-12-20(28-40-30(46-41-28)31(34,35)36)14-37-29(25)43(26)15-22-8-11-44-22/h1-6,12-14,22H,7-11,15-17H2/t22-/m0/s1. The maximum Gasteiger partial charge on any atom is 0.471 e. The van der Waals surface area contributed by atoms with Crippen molar-refractivity contribution >= 4 is 28.3 Å². The molecule has 0 amide bonds. The molecule has 2 aliphatic heterocycles. The second-order valence-corrected chi connectivity index (χ2v) is 11.4. The van der Waals surface area contributed by atoms with Gasteiger partial charge < -0.3 is 18.6 Å². The summed E-state index contributed by atoms with van der Waals surface area (Å²) in [5.41, 5.74) is 3.62. The van der Waals surface area contributed by atoms with Crippen molar-refractivity contribution in [1.82, 2.24) is 34.6 Å². The molecule has 46 heavy (non-hydrogen) atoms. The maximum absolute atomic E-state index is 14.2. The monoisotopic (exact) mass is 655 g/mol. The van der Waals surface area contributed by atoms with Crippen LogP contribution in [0.1, 0.15) is 35.8 Å². The van der Waals surface area contributed by atoms with Crippen LogP contribution >= 0.6 is 11.6 Å². The molecule has 2 aliphatic rings. The van der Waals surface area contributed by atoms with Crippen LogP contribution in [0.3, 0.4) is 0 Å². The van der Waals surface area contributed by atoms with Crippen LogP contribution in [-0.4, -0.2) is 60.4 Å². The van der Waals surface area contributed by atoms with Crippen LogP contribution in [0.5, 0.6) is 5.88 Å². The predicted octanol–water partition coefficient (Wildman–Crippen LogP) is 6.34. The molecule has 6 heterocycles. The van der Waals surface area contributed by atoms with Crippen LogP contribution < -0.4 is 4.74 Å². The first-order chi connectivity index (χ1) is 22.2. The van der Waals surface area contributed by atoms with Crippen LogP contribution in [0.2, 0.25) is 5.02 Å². The summed E-state index contributed by atoms with van der Waals surface area (Å²) in [5.74, 6) is -0.913. The van der Waals surface area contributed by atoms with Gasteiger partial charge in [0.2, 0.25) is 11.7 Å². The lowest BCUT2D eigenvalue weighted by Gasteiger charge is -2.29. The van der Waals surface area contributed by atoms with E-state index in [1.54, 1.807) is 24.3 Å². The summed E-state index contributed by atoms with van der Waals surface area (Å²) in [6.45, 7) is 3.18. The molecule has 0 aliphatic carbocycles. The fourth-order valence-electron chi connectivity index (χ4n) is 5.33. The average Bonchev–Trinajstić information content (AvgIpc) is 3.64. The van der Waals surface area contributed by atoms with E-state index in [1.807, 2.05) is 16.7 Å². The van der Waals surface area contributed by atoms with E-state index in [0.717, 1.165) is 36.5 Å². The fourth-order valence-corrected chi connectivity index (χ4v) is 5.49. The summed E-state index contributed by atoms with van der Waals surface area (Å²) in [7, 11) is 0. The topological polar surface area (TPSA) is 104 Å². The lowest BCUT2D eigenvalue weighted by Crippen LogP contribution is -2.33. The number of ether oxygens (including phenoxy) is 2. The number of imidazole rings is 1. The molecular weight excluding hydrogens is 630 g/mol. The van der Waals surface area contributed by atoms with E-state index in [1.165, 1.54) is 12.3 Å². The summed E-state index contributed by atoms with van der Waals surface area (Å²) >= 11 is 5.84. The van der Waals surface area contributed by atoms with Crippen LogP contribution in [0.25, 0.3) is 28.1 Å². The van der Waals surface area contributed by atoms with Crippen molar-refractivity contribution < 1.29 is 31.6 Å². The zero-order valence-electron chi connectivity index (χ0n) is 24.2. The highest BCUT2D eigenvalue weighted by Crippen LogP contribution is 2.31. The Morgan fingerprint density at radius 2 is 1.96 bits per heavy atom. The molecule has 10 nitrogen and oxygen atoms in total. The molecule has 1 saturated heterocycles. The molecule has 0 saturated carbocycles. The van der Waals surface area contributed by atoms with Crippen molar-refractivity contribution in [3.05, 3.63) is 88.5 Å². The third kappa shape index (κ3) is 6.46. The second kappa shape index (κ2) is 12.4. The first-order valence-corrected chi connectivity index (χ1v) is 14.9. The number of hydrogen-bond donors (Lipinski definition) is 0. The van der Waals surface area contributed by atoms with Crippen LogP contribution in [-0.2, 0) is 30.6 Å². The van der Waals surface area contributed by atoms with Crippen molar-refractivity contribution in [2.75, 3.05) is 19.7 Å². The predicted molar refractivity (Wildman–Crippen MR) is 158 cm³/mol. The molecule has 1 aromatic carbocycles. The molecule has 4 aromatic heterocycles. The van der Waals surface area contributed by atoms with Gasteiger partial charge in [0.1, 0.15) is 23.8 Å². The molecule has 0 spiro atoms. The number of halogens is 5. The van der Waals surface area contributed by atoms with E-state index in [2.05, 4.69) is 35.6 Å². The molecule has 1 atom stereocenters. The Morgan fingerprint density at radius 3 is 2.67 bits per heavy atom. The molecule has 0 bridgehead atoms. The zero-order valence-corrected chi connectivity index (χ0v) is 24.9. The quantitative estimate of drug-likeness (QED) is 0.168. The number of fused-ring (bicyclic) bond motifs is 1. The summed E-state index contributed by atoms with van der Waals surface area (Å²) < 4.78 is 70.9. The van der Waals surface area contributed by atoms with Gasteiger partial charge in [-0.2, -0.15) is 18.2 Å². The van der Waals surface area contributed by atoms with E-state index in [4.69, 9.17) is 26.1 Å². The molecule has 15 heteroatoms. The zero-order chi connectivity index (χ0) is 31.8. The fraction of sp³-hybridized carbons (Fsp3) is 0.323. The molecular formula is C31H26ClF4N7O3. The van der Waals surface area contributed by atoms with Gasteiger partial charge in [-0.1, -0.05) is 35.0 Å². The van der Waals surface area contributed by atoms with Gasteiger partial charge >= 0.3 is 12.1 Å². The number of aromatic nitrogens is 6. The Hall–Kier alpha value is -4.40. The van der Waals surface area contributed by atoms with Gasteiger partial charge in [-0.25, -0.2) is 19.3 Å². The summed E-state index contributed by atoms with van der Waals surface area (Å²) in [6.07, 6.45) is 0.476. The van der Waals surface area contributed by atoms with Crippen molar-refractivity contribution in [3.63, 3.8) is 0 Å². The summed E-state index contributed by atoms with van der Waals surface area (Å²) in [4.78, 5) is 19.7. The second-order valence-electron chi connectivity index (χ2n) is 11.0. The van der Waals surface area contributed by atoms with E-state index in [0.29, 0.717) is 53.9 Å². The minimum absolute atomic E-state index is 0.0270. The van der Waals surface area contributed by atoms with Crippen molar-refractivity contribution in [3.8, 4) is 17.3 Å². The molecule has 0 radical (unpaired) electrons. The highest BCUT2D eigenvalue weighted by Gasteiger charge is 2.38. The van der Waals surface area contributed by atoms with Crippen molar-refractivity contribution in [2.24, 2.45) is 0 Å². The van der Waals surface area contributed by atoms with E-state index >= 15 is 0 Å². The largest absolute Gasteiger partial charge is 0.473 e. The van der Waals surface area contributed by atoms with Gasteiger partial charge in [0, 0.05) is 48.1 Å². The van der Waals surface area contributed by atoms with Crippen molar-refractivity contribution in [2.45, 2.75) is 44.8 Å². The average molecular weight is 656 g/mol. The lowest BCUT2D eigenvalue weighted by molar-refractivity contribution is -0.159. The Bertz CT molecular complexity index is 1920. The SMILES string of the molecule is Fc1cc(Cl)ccc1COc1cccc(C2=CCN(Cc3nc4cc(-c5noc(C(F)(F)F)n5)cnc4n3C[C@@H]3CCO3)CC2)n1. The maximum atomic E-state index is 14.2. The minimum Gasteiger partial charge on any atom is -0.473 e. The smallest absolute Gasteiger partial charge is 0.471 e. The number of alkyl halides is 3.